The van der Waals surface area contributed by atoms with Gasteiger partial charge in [0.1, 0.15) is 6.10 Å². The van der Waals surface area contributed by atoms with Crippen molar-refractivity contribution in [3.05, 3.63) is 11.1 Å². The molecule has 5 rings (SSSR count). The number of hydrogen-bond acceptors (Lipinski definition) is 4. The number of carbonyl (C=O) groups is 1. The number of ether oxygens (including phenoxy) is 1. The molecule has 1 saturated heterocycles. The second-order valence-electron chi connectivity index (χ2n) is 14.3. The topological polar surface area (TPSA) is 66.8 Å². The number of cyclic esters (lactones) is 1. The molecule has 0 radical (unpaired) electrons. The largest absolute Gasteiger partial charge is 0.462 e. The molecule has 0 aromatic carbocycles. The fourth-order valence-corrected chi connectivity index (χ4v) is 10.1. The summed E-state index contributed by atoms with van der Waals surface area (Å²) in [4.78, 5) is 12.0. The molecule has 0 spiro atoms. The summed E-state index contributed by atoms with van der Waals surface area (Å²) < 4.78 is 5.65. The van der Waals surface area contributed by atoms with Gasteiger partial charge in [0.25, 0.3) is 0 Å². The smallest absolute Gasteiger partial charge is 0.309 e. The fourth-order valence-electron chi connectivity index (χ4n) is 10.1. The molecule has 4 heteroatoms. The number of fused-ring (bicyclic) bond motifs is 4. The summed E-state index contributed by atoms with van der Waals surface area (Å²) in [6, 6.07) is 0. The maximum atomic E-state index is 12.4. The highest BCUT2D eigenvalue weighted by Crippen LogP contribution is 2.73. The summed E-state index contributed by atoms with van der Waals surface area (Å²) in [6.07, 6.45) is 9.48. The van der Waals surface area contributed by atoms with Gasteiger partial charge in [0.05, 0.1) is 17.6 Å². The Morgan fingerprint density at radius 2 is 1.71 bits per heavy atom. The van der Waals surface area contributed by atoms with Gasteiger partial charge in [0, 0.05) is 5.41 Å². The van der Waals surface area contributed by atoms with E-state index in [0.29, 0.717) is 5.92 Å². The molecule has 1 aliphatic heterocycles. The molecule has 34 heavy (non-hydrogen) atoms. The second kappa shape index (κ2) is 7.57. The lowest BCUT2D eigenvalue weighted by molar-refractivity contribution is -0.152. The molecular weight excluding hydrogens is 424 g/mol. The molecule has 4 aliphatic carbocycles. The Balaban J connectivity index is 1.47. The summed E-state index contributed by atoms with van der Waals surface area (Å²) >= 11 is 0. The van der Waals surface area contributed by atoms with Gasteiger partial charge >= 0.3 is 5.97 Å². The van der Waals surface area contributed by atoms with Crippen LogP contribution in [0.1, 0.15) is 113 Å². The van der Waals surface area contributed by atoms with Crippen LogP contribution in [-0.2, 0) is 9.53 Å². The minimum atomic E-state index is -0.738. The predicted molar refractivity (Wildman–Crippen MR) is 134 cm³/mol. The van der Waals surface area contributed by atoms with Crippen LogP contribution in [0.3, 0.4) is 0 Å². The van der Waals surface area contributed by atoms with Crippen LogP contribution in [0, 0.1) is 39.4 Å². The number of esters is 1. The lowest BCUT2D eigenvalue weighted by Gasteiger charge is -2.63. The summed E-state index contributed by atoms with van der Waals surface area (Å²) in [5, 5.41) is 23.2. The van der Waals surface area contributed by atoms with Crippen molar-refractivity contribution in [3.63, 3.8) is 0 Å². The molecule has 0 unspecified atom stereocenters. The number of aliphatic hydroxyl groups is 2. The van der Waals surface area contributed by atoms with E-state index in [4.69, 9.17) is 4.74 Å². The van der Waals surface area contributed by atoms with Crippen LogP contribution in [-0.4, -0.2) is 34.0 Å². The first-order chi connectivity index (χ1) is 15.7. The highest BCUT2D eigenvalue weighted by molar-refractivity contribution is 5.74. The van der Waals surface area contributed by atoms with Crippen molar-refractivity contribution in [1.82, 2.24) is 0 Å². The van der Waals surface area contributed by atoms with Gasteiger partial charge in [-0.1, -0.05) is 59.6 Å². The average Bonchev–Trinajstić information content (AvgIpc) is 3.19. The Morgan fingerprint density at radius 1 is 1.00 bits per heavy atom. The first-order valence-corrected chi connectivity index (χ1v) is 14.0. The normalized spacial score (nSPS) is 50.9. The maximum absolute atomic E-state index is 12.4. The molecule has 192 valence electrons. The van der Waals surface area contributed by atoms with Gasteiger partial charge in [0.15, 0.2) is 0 Å². The molecule has 3 fully saturated rings. The van der Waals surface area contributed by atoms with E-state index in [0.717, 1.165) is 64.2 Å². The zero-order valence-corrected chi connectivity index (χ0v) is 22.7. The molecule has 9 atom stereocenters. The molecule has 0 aromatic heterocycles. The van der Waals surface area contributed by atoms with Crippen LogP contribution >= 0.6 is 0 Å². The Labute approximate surface area is 206 Å². The molecule has 2 N–H and O–H groups in total. The van der Waals surface area contributed by atoms with Crippen LogP contribution in [0.2, 0.25) is 0 Å². The third kappa shape index (κ3) is 3.00. The van der Waals surface area contributed by atoms with Crippen molar-refractivity contribution in [3.8, 4) is 0 Å². The SMILES string of the molecule is C[C@@H]1C[C@@H](C[C@@H](C)[C@@]2(O)CC[C@@]3(C)C4=C(CC[C@@]32C)[C@@]2(C)CC[C@@H](O)C(C)(C)[C@@H]2CC4)OC1=O. The van der Waals surface area contributed by atoms with Crippen LogP contribution < -0.4 is 0 Å². The first-order valence-electron chi connectivity index (χ1n) is 14.0. The van der Waals surface area contributed by atoms with Crippen molar-refractivity contribution >= 4 is 5.97 Å². The molecular formula is C30H48O4. The zero-order chi connectivity index (χ0) is 24.9. The number of allylic oxidation sites excluding steroid dienone is 2. The highest BCUT2D eigenvalue weighted by Gasteiger charge is 2.68. The Bertz CT molecular complexity index is 905. The van der Waals surface area contributed by atoms with Crippen molar-refractivity contribution in [2.45, 2.75) is 130 Å². The van der Waals surface area contributed by atoms with Gasteiger partial charge in [-0.15, -0.1) is 0 Å². The molecule has 2 saturated carbocycles. The van der Waals surface area contributed by atoms with Crippen LogP contribution in [0.25, 0.3) is 0 Å². The molecule has 4 nitrogen and oxygen atoms in total. The van der Waals surface area contributed by atoms with E-state index in [1.807, 2.05) is 6.92 Å². The Kier molecular flexibility index (Phi) is 5.52. The van der Waals surface area contributed by atoms with Crippen molar-refractivity contribution in [2.75, 3.05) is 0 Å². The zero-order valence-electron chi connectivity index (χ0n) is 22.7. The van der Waals surface area contributed by atoms with Crippen LogP contribution in [0.5, 0.6) is 0 Å². The highest BCUT2D eigenvalue weighted by atomic mass is 16.5. The van der Waals surface area contributed by atoms with E-state index in [-0.39, 0.29) is 51.7 Å². The minimum Gasteiger partial charge on any atom is -0.462 e. The summed E-state index contributed by atoms with van der Waals surface area (Å²) in [5.74, 6) is 0.520. The summed E-state index contributed by atoms with van der Waals surface area (Å²) in [7, 11) is 0. The monoisotopic (exact) mass is 472 g/mol. The number of aliphatic hydroxyl groups excluding tert-OH is 1. The van der Waals surface area contributed by atoms with Gasteiger partial charge in [-0.05, 0) is 92.3 Å². The standard InChI is InChI=1S/C30H48O4/c1-18-16-20(34-25(18)32)17-19(2)30(33)15-14-28(6)22-8-9-23-26(3,4)24(31)11-12-27(23,5)21(22)10-13-29(28,30)7/h18-20,23-24,31,33H,8-17H2,1-7H3/t18-,19-,20+,23+,24-,27-,28+,29+,30+/m1/s1. The van der Waals surface area contributed by atoms with E-state index in [1.165, 1.54) is 0 Å². The average molecular weight is 473 g/mol. The molecule has 5 aliphatic rings. The lowest BCUT2D eigenvalue weighted by Crippen LogP contribution is -2.58. The van der Waals surface area contributed by atoms with Crippen molar-refractivity contribution < 1.29 is 19.7 Å². The van der Waals surface area contributed by atoms with Gasteiger partial charge in [-0.2, -0.15) is 0 Å². The second-order valence-corrected chi connectivity index (χ2v) is 14.3. The van der Waals surface area contributed by atoms with E-state index >= 15 is 0 Å². The quantitative estimate of drug-likeness (QED) is 0.380. The molecule has 0 amide bonds. The van der Waals surface area contributed by atoms with Gasteiger partial charge in [-0.25, -0.2) is 0 Å². The number of hydrogen-bond donors (Lipinski definition) is 2. The Hall–Kier alpha value is -0.870. The molecule has 0 bridgehead atoms. The van der Waals surface area contributed by atoms with Crippen LogP contribution in [0.4, 0.5) is 0 Å². The fraction of sp³-hybridized carbons (Fsp3) is 0.900. The third-order valence-corrected chi connectivity index (χ3v) is 12.7. The van der Waals surface area contributed by atoms with Crippen molar-refractivity contribution in [2.24, 2.45) is 39.4 Å². The van der Waals surface area contributed by atoms with Crippen LogP contribution in [0.15, 0.2) is 11.1 Å². The Morgan fingerprint density at radius 3 is 2.35 bits per heavy atom. The maximum Gasteiger partial charge on any atom is 0.309 e. The summed E-state index contributed by atoms with van der Waals surface area (Å²) in [5.41, 5.74) is 2.56. The third-order valence-electron chi connectivity index (χ3n) is 12.7. The molecule has 0 aromatic rings. The van der Waals surface area contributed by atoms with E-state index in [9.17, 15) is 15.0 Å². The molecule has 1 heterocycles. The van der Waals surface area contributed by atoms with E-state index in [2.05, 4.69) is 41.5 Å². The lowest BCUT2D eigenvalue weighted by atomic mass is 9.43. The van der Waals surface area contributed by atoms with E-state index < -0.39 is 5.60 Å². The predicted octanol–water partition coefficient (Wildman–Crippen LogP) is 6.19. The van der Waals surface area contributed by atoms with E-state index in [1.54, 1.807) is 11.1 Å². The van der Waals surface area contributed by atoms with Gasteiger partial charge in [0.2, 0.25) is 0 Å². The number of carbonyl (C=O) groups excluding carboxylic acids is 1. The van der Waals surface area contributed by atoms with Crippen molar-refractivity contribution in [1.29, 1.82) is 0 Å². The van der Waals surface area contributed by atoms with Gasteiger partial charge in [-0.3, -0.25) is 4.79 Å². The minimum absolute atomic E-state index is 0.0113. The summed E-state index contributed by atoms with van der Waals surface area (Å²) in [6.45, 7) is 16.0. The number of rotatable bonds is 3. The van der Waals surface area contributed by atoms with Gasteiger partial charge < -0.3 is 14.9 Å². The first kappa shape index (κ1) is 24.8.